The van der Waals surface area contributed by atoms with E-state index in [1.807, 2.05) is 6.07 Å². The summed E-state index contributed by atoms with van der Waals surface area (Å²) in [5.74, 6) is 0.973. The molecule has 1 N–H and O–H groups in total. The molecule has 1 aromatic heterocycles. The van der Waals surface area contributed by atoms with E-state index in [4.69, 9.17) is 5.26 Å². The first kappa shape index (κ1) is 18.4. The molecule has 0 spiro atoms. The lowest BCUT2D eigenvalue weighted by Crippen LogP contribution is -2.33. The number of aromatic amines is 1. The van der Waals surface area contributed by atoms with Crippen LogP contribution >= 0.6 is 11.8 Å². The lowest BCUT2D eigenvalue weighted by Gasteiger charge is -2.21. The molecule has 0 bridgehead atoms. The van der Waals surface area contributed by atoms with Gasteiger partial charge < -0.3 is 4.90 Å². The van der Waals surface area contributed by atoms with Crippen molar-refractivity contribution in [3.05, 3.63) is 35.9 Å². The lowest BCUT2D eigenvalue weighted by molar-refractivity contribution is -0.116. The van der Waals surface area contributed by atoms with Crippen LogP contribution in [0.5, 0.6) is 0 Å². The zero-order valence-corrected chi connectivity index (χ0v) is 15.1. The number of nitriles is 1. The monoisotopic (exact) mass is 373 g/mol. The van der Waals surface area contributed by atoms with Gasteiger partial charge in [0.05, 0.1) is 18.2 Å². The molecule has 1 aliphatic rings. The third-order valence-electron chi connectivity index (χ3n) is 4.44. The van der Waals surface area contributed by atoms with E-state index in [2.05, 4.69) is 15.2 Å². The van der Waals surface area contributed by atoms with E-state index in [0.29, 0.717) is 16.8 Å². The number of hydrogen-bond acceptors (Lipinski definition) is 5. The first-order valence-corrected chi connectivity index (χ1v) is 9.64. The Morgan fingerprint density at radius 2 is 2.08 bits per heavy atom. The van der Waals surface area contributed by atoms with Gasteiger partial charge in [-0.1, -0.05) is 24.6 Å². The number of aromatic nitrogens is 3. The summed E-state index contributed by atoms with van der Waals surface area (Å²) in [6.45, 7) is 0.267. The summed E-state index contributed by atoms with van der Waals surface area (Å²) in [7, 11) is 0. The molecule has 1 aromatic carbocycles. The van der Waals surface area contributed by atoms with Gasteiger partial charge in [-0.3, -0.25) is 9.89 Å². The summed E-state index contributed by atoms with van der Waals surface area (Å²) in [6.07, 6.45) is 4.91. The average Bonchev–Trinajstić information content (AvgIpc) is 3.33. The summed E-state index contributed by atoms with van der Waals surface area (Å²) in [4.78, 5) is 18.6. The van der Waals surface area contributed by atoms with Crippen LogP contribution in [0.1, 0.15) is 43.8 Å². The van der Waals surface area contributed by atoms with E-state index in [0.717, 1.165) is 18.7 Å². The highest BCUT2D eigenvalue weighted by Crippen LogP contribution is 2.32. The fraction of sp³-hybridized carbons (Fsp3) is 0.444. The lowest BCUT2D eigenvalue weighted by atomic mass is 10.1. The van der Waals surface area contributed by atoms with Crippen LogP contribution in [0.25, 0.3) is 0 Å². The smallest absolute Gasteiger partial charge is 0.237 e. The summed E-state index contributed by atoms with van der Waals surface area (Å²) in [5.41, 5.74) is 0.578. The maximum atomic E-state index is 13.1. The molecular weight excluding hydrogens is 353 g/mol. The molecule has 0 radical (unpaired) electrons. The first-order valence-electron chi connectivity index (χ1n) is 8.65. The molecule has 26 heavy (non-hydrogen) atoms. The van der Waals surface area contributed by atoms with Gasteiger partial charge in [-0.2, -0.15) is 5.26 Å². The highest BCUT2D eigenvalue weighted by atomic mass is 32.2. The van der Waals surface area contributed by atoms with Gasteiger partial charge in [0.1, 0.15) is 11.6 Å². The van der Waals surface area contributed by atoms with Gasteiger partial charge in [0.2, 0.25) is 11.1 Å². The van der Waals surface area contributed by atoms with Crippen molar-refractivity contribution in [3.8, 4) is 6.07 Å². The van der Waals surface area contributed by atoms with Gasteiger partial charge in [-0.05, 0) is 37.1 Å². The van der Waals surface area contributed by atoms with Crippen molar-refractivity contribution in [2.75, 3.05) is 17.2 Å². The predicted octanol–water partition coefficient (Wildman–Crippen LogP) is 3.64. The molecule has 3 rings (SSSR count). The topological polar surface area (TPSA) is 85.7 Å². The SMILES string of the molecule is N#CCCN(C(=O)CSc1n[nH]c(C2CCCC2)n1)c1ccc(F)cc1. The van der Waals surface area contributed by atoms with Gasteiger partial charge in [0.15, 0.2) is 0 Å². The summed E-state index contributed by atoms with van der Waals surface area (Å²) < 4.78 is 13.1. The van der Waals surface area contributed by atoms with Crippen molar-refractivity contribution in [2.45, 2.75) is 43.2 Å². The molecule has 0 aliphatic heterocycles. The van der Waals surface area contributed by atoms with Crippen molar-refractivity contribution in [1.29, 1.82) is 5.26 Å². The fourth-order valence-electron chi connectivity index (χ4n) is 3.09. The molecule has 1 amide bonds. The van der Waals surface area contributed by atoms with E-state index < -0.39 is 0 Å². The van der Waals surface area contributed by atoms with Gasteiger partial charge in [0.25, 0.3) is 0 Å². The molecule has 0 saturated heterocycles. The minimum atomic E-state index is -0.365. The number of carbonyl (C=O) groups is 1. The van der Waals surface area contributed by atoms with Crippen molar-refractivity contribution in [3.63, 3.8) is 0 Å². The van der Waals surface area contributed by atoms with E-state index >= 15 is 0 Å². The quantitative estimate of drug-likeness (QED) is 0.749. The summed E-state index contributed by atoms with van der Waals surface area (Å²) in [5, 5.41) is 16.6. The molecule has 8 heteroatoms. The second-order valence-corrected chi connectivity index (χ2v) is 7.15. The number of benzene rings is 1. The zero-order valence-electron chi connectivity index (χ0n) is 14.3. The number of H-pyrrole nitrogens is 1. The number of halogens is 1. The van der Waals surface area contributed by atoms with Crippen LogP contribution in [0.15, 0.2) is 29.4 Å². The molecule has 1 fully saturated rings. The summed E-state index contributed by atoms with van der Waals surface area (Å²) in [6, 6.07) is 7.73. The summed E-state index contributed by atoms with van der Waals surface area (Å²) >= 11 is 1.27. The first-order chi connectivity index (χ1) is 12.7. The number of hydrogen-bond donors (Lipinski definition) is 1. The van der Waals surface area contributed by atoms with Crippen molar-refractivity contribution in [1.82, 2.24) is 15.2 Å². The average molecular weight is 373 g/mol. The predicted molar refractivity (Wildman–Crippen MR) is 97.3 cm³/mol. The van der Waals surface area contributed by atoms with Gasteiger partial charge >= 0.3 is 0 Å². The number of thioether (sulfide) groups is 1. The number of nitrogens with zero attached hydrogens (tertiary/aromatic N) is 4. The standard InChI is InChI=1S/C18H20FN5OS/c19-14-6-8-15(9-7-14)24(11-3-10-20)16(25)12-26-18-21-17(22-23-18)13-4-1-2-5-13/h6-9,13H,1-5,11-12H2,(H,21,22,23). The van der Waals surface area contributed by atoms with E-state index in [1.54, 1.807) is 12.1 Å². The van der Waals surface area contributed by atoms with Crippen molar-refractivity contribution >= 4 is 23.4 Å². The van der Waals surface area contributed by atoms with E-state index in [1.165, 1.54) is 41.6 Å². The van der Waals surface area contributed by atoms with Gasteiger partial charge in [0, 0.05) is 18.2 Å². The van der Waals surface area contributed by atoms with Crippen LogP contribution in [-0.4, -0.2) is 33.4 Å². The number of nitrogens with one attached hydrogen (secondary N) is 1. The van der Waals surface area contributed by atoms with Gasteiger partial charge in [-0.15, -0.1) is 5.10 Å². The fourth-order valence-corrected chi connectivity index (χ4v) is 3.77. The van der Waals surface area contributed by atoms with Crippen LogP contribution in [0.2, 0.25) is 0 Å². The Balaban J connectivity index is 1.62. The highest BCUT2D eigenvalue weighted by molar-refractivity contribution is 7.99. The number of amides is 1. The van der Waals surface area contributed by atoms with Crippen LogP contribution < -0.4 is 4.90 Å². The van der Waals surface area contributed by atoms with Crippen LogP contribution in [0.4, 0.5) is 10.1 Å². The maximum Gasteiger partial charge on any atom is 0.237 e. The molecule has 1 aliphatic carbocycles. The Kier molecular flexibility index (Phi) is 6.23. The molecule has 0 atom stereocenters. The molecular formula is C18H20FN5OS. The van der Waals surface area contributed by atoms with Crippen molar-refractivity contribution < 1.29 is 9.18 Å². The van der Waals surface area contributed by atoms with Gasteiger partial charge in [-0.25, -0.2) is 9.37 Å². The molecule has 136 valence electrons. The Bertz CT molecular complexity index is 780. The molecule has 6 nitrogen and oxygen atoms in total. The van der Waals surface area contributed by atoms with Crippen LogP contribution in [0.3, 0.4) is 0 Å². The number of rotatable bonds is 7. The Labute approximate surface area is 155 Å². The number of anilines is 1. The molecule has 0 unspecified atom stereocenters. The normalized spacial score (nSPS) is 14.3. The minimum absolute atomic E-state index is 0.158. The highest BCUT2D eigenvalue weighted by Gasteiger charge is 2.22. The third-order valence-corrected chi connectivity index (χ3v) is 5.27. The second kappa shape index (κ2) is 8.81. The van der Waals surface area contributed by atoms with Crippen LogP contribution in [-0.2, 0) is 4.79 Å². The minimum Gasteiger partial charge on any atom is -0.311 e. The Morgan fingerprint density at radius 3 is 2.77 bits per heavy atom. The second-order valence-electron chi connectivity index (χ2n) is 6.20. The van der Waals surface area contributed by atoms with E-state index in [9.17, 15) is 9.18 Å². The number of carbonyl (C=O) groups excluding carboxylic acids is 1. The Morgan fingerprint density at radius 1 is 1.35 bits per heavy atom. The molecule has 1 saturated carbocycles. The van der Waals surface area contributed by atoms with E-state index in [-0.39, 0.29) is 30.4 Å². The van der Waals surface area contributed by atoms with Crippen LogP contribution in [0, 0.1) is 17.1 Å². The maximum absolute atomic E-state index is 13.1. The molecule has 1 heterocycles. The van der Waals surface area contributed by atoms with Crippen molar-refractivity contribution in [2.24, 2.45) is 0 Å². The zero-order chi connectivity index (χ0) is 18.4. The Hall–Kier alpha value is -2.40. The molecule has 2 aromatic rings. The largest absolute Gasteiger partial charge is 0.311 e. The third kappa shape index (κ3) is 4.61.